The van der Waals surface area contributed by atoms with E-state index in [2.05, 4.69) is 0 Å². The summed E-state index contributed by atoms with van der Waals surface area (Å²) < 4.78 is 10.4. The van der Waals surface area contributed by atoms with Crippen molar-refractivity contribution in [2.75, 3.05) is 26.9 Å². The van der Waals surface area contributed by atoms with Gasteiger partial charge in [-0.15, -0.1) is 0 Å². The fraction of sp³-hybridized carbons (Fsp3) is 1.00. The van der Waals surface area contributed by atoms with Crippen LogP contribution in [-0.4, -0.2) is 43.7 Å². The van der Waals surface area contributed by atoms with Gasteiger partial charge in [-0.05, 0) is 19.3 Å². The van der Waals surface area contributed by atoms with Crippen LogP contribution in [0.5, 0.6) is 0 Å². The van der Waals surface area contributed by atoms with E-state index < -0.39 is 5.60 Å². The monoisotopic (exact) mass is 217 g/mol. The van der Waals surface area contributed by atoms with Gasteiger partial charge in [0.25, 0.3) is 0 Å². The van der Waals surface area contributed by atoms with E-state index >= 15 is 0 Å². The van der Waals surface area contributed by atoms with Crippen molar-refractivity contribution in [3.05, 3.63) is 0 Å². The average Bonchev–Trinajstić information content (AvgIpc) is 2.23. The molecule has 0 amide bonds. The summed E-state index contributed by atoms with van der Waals surface area (Å²) in [7, 11) is 1.67. The largest absolute Gasteiger partial charge is 0.386 e. The zero-order valence-electron chi connectivity index (χ0n) is 9.58. The molecule has 1 fully saturated rings. The molecule has 2 atom stereocenters. The number of nitrogens with two attached hydrogens (primary N) is 1. The molecule has 4 heteroatoms. The summed E-state index contributed by atoms with van der Waals surface area (Å²) in [6.45, 7) is 1.69. The molecule has 0 radical (unpaired) electrons. The molecule has 0 aromatic rings. The van der Waals surface area contributed by atoms with Crippen LogP contribution in [0.2, 0.25) is 0 Å². The van der Waals surface area contributed by atoms with Crippen LogP contribution in [0.4, 0.5) is 0 Å². The van der Waals surface area contributed by atoms with Crippen LogP contribution in [-0.2, 0) is 9.47 Å². The summed E-state index contributed by atoms with van der Waals surface area (Å²) in [5.74, 6) is 0. The van der Waals surface area contributed by atoms with Crippen LogP contribution in [0, 0.1) is 0 Å². The van der Waals surface area contributed by atoms with E-state index in [0.29, 0.717) is 19.8 Å². The highest BCUT2D eigenvalue weighted by molar-refractivity contribution is 4.92. The molecule has 1 rings (SSSR count). The smallest absolute Gasteiger partial charge is 0.103 e. The molecule has 90 valence electrons. The standard InChI is InChI=1S/C11H23NO3/c1-14-7-4-8-15-9-11(13)6-3-2-5-10(11)12/h10,13H,2-9,12H2,1H3. The van der Waals surface area contributed by atoms with Crippen LogP contribution in [0.25, 0.3) is 0 Å². The molecule has 0 aromatic heterocycles. The lowest BCUT2D eigenvalue weighted by Crippen LogP contribution is -2.53. The van der Waals surface area contributed by atoms with Crippen molar-refractivity contribution in [2.45, 2.75) is 43.7 Å². The number of hydrogen-bond acceptors (Lipinski definition) is 4. The predicted molar refractivity (Wildman–Crippen MR) is 58.7 cm³/mol. The maximum atomic E-state index is 10.2. The Morgan fingerprint density at radius 1 is 1.40 bits per heavy atom. The maximum Gasteiger partial charge on any atom is 0.103 e. The Morgan fingerprint density at radius 3 is 2.87 bits per heavy atom. The van der Waals surface area contributed by atoms with E-state index in [1.54, 1.807) is 7.11 Å². The molecular weight excluding hydrogens is 194 g/mol. The van der Waals surface area contributed by atoms with Crippen LogP contribution in [0.15, 0.2) is 0 Å². The zero-order chi connectivity index (χ0) is 11.1. The zero-order valence-corrected chi connectivity index (χ0v) is 9.58. The molecule has 0 bridgehead atoms. The predicted octanol–water partition coefficient (Wildman–Crippen LogP) is 0.672. The van der Waals surface area contributed by atoms with E-state index in [1.165, 1.54) is 0 Å². The SMILES string of the molecule is COCCCOCC1(O)CCCCC1N. The van der Waals surface area contributed by atoms with Crippen LogP contribution >= 0.6 is 0 Å². The third-order valence-corrected chi connectivity index (χ3v) is 3.05. The van der Waals surface area contributed by atoms with Gasteiger partial charge in [0.05, 0.1) is 6.61 Å². The van der Waals surface area contributed by atoms with Gasteiger partial charge < -0.3 is 20.3 Å². The minimum Gasteiger partial charge on any atom is -0.386 e. The summed E-state index contributed by atoms with van der Waals surface area (Å²) in [6, 6.07) is -0.131. The summed E-state index contributed by atoms with van der Waals surface area (Å²) in [5, 5.41) is 10.2. The van der Waals surface area contributed by atoms with Crippen LogP contribution in [0.1, 0.15) is 32.1 Å². The van der Waals surface area contributed by atoms with Gasteiger partial charge in [0.1, 0.15) is 5.60 Å². The van der Waals surface area contributed by atoms with Gasteiger partial charge in [0.2, 0.25) is 0 Å². The highest BCUT2D eigenvalue weighted by Crippen LogP contribution is 2.27. The van der Waals surface area contributed by atoms with E-state index in [-0.39, 0.29) is 6.04 Å². The molecule has 0 saturated heterocycles. The van der Waals surface area contributed by atoms with Crippen molar-refractivity contribution in [1.29, 1.82) is 0 Å². The molecule has 15 heavy (non-hydrogen) atoms. The van der Waals surface area contributed by atoms with Crippen molar-refractivity contribution >= 4 is 0 Å². The molecule has 0 spiro atoms. The lowest BCUT2D eigenvalue weighted by atomic mass is 9.81. The number of rotatable bonds is 6. The second-order valence-electron chi connectivity index (χ2n) is 4.35. The van der Waals surface area contributed by atoms with Crippen LogP contribution in [0.3, 0.4) is 0 Å². The first kappa shape index (κ1) is 12.9. The first-order valence-corrected chi connectivity index (χ1v) is 5.74. The van der Waals surface area contributed by atoms with Gasteiger partial charge in [-0.25, -0.2) is 0 Å². The van der Waals surface area contributed by atoms with E-state index in [4.69, 9.17) is 15.2 Å². The molecule has 3 N–H and O–H groups in total. The Hall–Kier alpha value is -0.160. The number of aliphatic hydroxyl groups is 1. The fourth-order valence-corrected chi connectivity index (χ4v) is 1.98. The van der Waals surface area contributed by atoms with Gasteiger partial charge in [-0.3, -0.25) is 0 Å². The van der Waals surface area contributed by atoms with Gasteiger partial charge in [0, 0.05) is 26.4 Å². The molecule has 2 unspecified atom stereocenters. The van der Waals surface area contributed by atoms with Crippen molar-refractivity contribution in [2.24, 2.45) is 5.73 Å². The van der Waals surface area contributed by atoms with Crippen LogP contribution < -0.4 is 5.73 Å². The van der Waals surface area contributed by atoms with Gasteiger partial charge in [-0.1, -0.05) is 12.8 Å². The number of hydrogen-bond donors (Lipinski definition) is 2. The highest BCUT2D eigenvalue weighted by atomic mass is 16.5. The lowest BCUT2D eigenvalue weighted by Gasteiger charge is -2.37. The Labute approximate surface area is 91.7 Å². The van der Waals surface area contributed by atoms with Crippen molar-refractivity contribution < 1.29 is 14.6 Å². The second-order valence-corrected chi connectivity index (χ2v) is 4.35. The minimum atomic E-state index is -0.800. The molecule has 0 aromatic carbocycles. The third kappa shape index (κ3) is 4.07. The molecule has 0 heterocycles. The summed E-state index contributed by atoms with van der Waals surface area (Å²) in [6.07, 6.45) is 4.69. The summed E-state index contributed by atoms with van der Waals surface area (Å²) in [4.78, 5) is 0. The maximum absolute atomic E-state index is 10.2. The van der Waals surface area contributed by atoms with E-state index in [0.717, 1.165) is 32.1 Å². The highest BCUT2D eigenvalue weighted by Gasteiger charge is 2.36. The first-order chi connectivity index (χ1) is 7.19. The number of ether oxygens (including phenoxy) is 2. The summed E-state index contributed by atoms with van der Waals surface area (Å²) >= 11 is 0. The third-order valence-electron chi connectivity index (χ3n) is 3.05. The first-order valence-electron chi connectivity index (χ1n) is 5.74. The van der Waals surface area contributed by atoms with E-state index in [1.807, 2.05) is 0 Å². The Bertz CT molecular complexity index is 177. The minimum absolute atomic E-state index is 0.131. The lowest BCUT2D eigenvalue weighted by molar-refractivity contribution is -0.0819. The summed E-state index contributed by atoms with van der Waals surface area (Å²) in [5.41, 5.74) is 5.10. The Kier molecular flexibility index (Phi) is 5.53. The quantitative estimate of drug-likeness (QED) is 0.642. The average molecular weight is 217 g/mol. The molecule has 1 aliphatic carbocycles. The van der Waals surface area contributed by atoms with Gasteiger partial charge in [-0.2, -0.15) is 0 Å². The molecular formula is C11H23NO3. The van der Waals surface area contributed by atoms with Crippen molar-refractivity contribution in [3.63, 3.8) is 0 Å². The second kappa shape index (κ2) is 6.43. The topological polar surface area (TPSA) is 64.7 Å². The van der Waals surface area contributed by atoms with Crippen molar-refractivity contribution in [3.8, 4) is 0 Å². The van der Waals surface area contributed by atoms with Gasteiger partial charge >= 0.3 is 0 Å². The normalized spacial score (nSPS) is 31.8. The van der Waals surface area contributed by atoms with Gasteiger partial charge in [0.15, 0.2) is 0 Å². The number of methoxy groups -OCH3 is 1. The van der Waals surface area contributed by atoms with E-state index in [9.17, 15) is 5.11 Å². The molecule has 1 aliphatic rings. The Balaban J connectivity index is 2.17. The Morgan fingerprint density at radius 2 is 2.20 bits per heavy atom. The molecule has 0 aliphatic heterocycles. The fourth-order valence-electron chi connectivity index (χ4n) is 1.98. The molecule has 4 nitrogen and oxygen atoms in total. The molecule has 1 saturated carbocycles. The van der Waals surface area contributed by atoms with Crippen molar-refractivity contribution in [1.82, 2.24) is 0 Å².